The molecular weight excluding hydrogens is 258 g/mol. The summed E-state index contributed by atoms with van der Waals surface area (Å²) in [5.74, 6) is 1.04. The van der Waals surface area contributed by atoms with Crippen molar-refractivity contribution >= 4 is 0 Å². The summed E-state index contributed by atoms with van der Waals surface area (Å²) in [6, 6.07) is 4.02. The van der Waals surface area contributed by atoms with Crippen molar-refractivity contribution < 1.29 is 4.42 Å². The molecule has 122 valence electrons. The van der Waals surface area contributed by atoms with Crippen molar-refractivity contribution in [2.75, 3.05) is 0 Å². The Kier molecular flexibility index (Phi) is 9.49. The summed E-state index contributed by atoms with van der Waals surface area (Å²) in [6.45, 7) is 7.80. The summed E-state index contributed by atoms with van der Waals surface area (Å²) >= 11 is 0. The van der Waals surface area contributed by atoms with E-state index in [0.717, 1.165) is 12.3 Å². The maximum absolute atomic E-state index is 5.45. The molecule has 0 aliphatic heterocycles. The minimum absolute atomic E-state index is 0.258. The van der Waals surface area contributed by atoms with Crippen LogP contribution in [0.2, 0.25) is 0 Å². The molecule has 0 bridgehead atoms. The second-order valence-corrected chi connectivity index (χ2v) is 6.61. The van der Waals surface area contributed by atoms with Gasteiger partial charge in [-0.3, -0.25) is 0 Å². The molecule has 0 aliphatic carbocycles. The fraction of sp³-hybridized carbons (Fsp3) is 0.789. The first-order valence-electron chi connectivity index (χ1n) is 8.97. The lowest BCUT2D eigenvalue weighted by Gasteiger charge is -2.31. The van der Waals surface area contributed by atoms with Gasteiger partial charge in [0, 0.05) is 5.54 Å². The van der Waals surface area contributed by atoms with Crippen molar-refractivity contribution in [1.82, 2.24) is 5.32 Å². The van der Waals surface area contributed by atoms with Crippen molar-refractivity contribution in [3.63, 3.8) is 0 Å². The number of unbranched alkanes of at least 4 members (excludes halogenated alkanes) is 6. The molecule has 1 aromatic heterocycles. The molecule has 1 N–H and O–H groups in total. The van der Waals surface area contributed by atoms with Gasteiger partial charge in [-0.25, -0.2) is 0 Å². The van der Waals surface area contributed by atoms with E-state index in [0.29, 0.717) is 0 Å². The molecule has 1 heterocycles. The minimum Gasteiger partial charge on any atom is -0.468 e. The van der Waals surface area contributed by atoms with Crippen molar-refractivity contribution in [2.45, 2.75) is 97.1 Å². The Labute approximate surface area is 131 Å². The van der Waals surface area contributed by atoms with Gasteiger partial charge in [0.15, 0.2) is 0 Å². The van der Waals surface area contributed by atoms with Crippen LogP contribution in [-0.4, -0.2) is 5.54 Å². The predicted octanol–water partition coefficient (Wildman–Crippen LogP) is 6.07. The fourth-order valence-corrected chi connectivity index (χ4v) is 2.90. The van der Waals surface area contributed by atoms with Gasteiger partial charge < -0.3 is 9.73 Å². The summed E-state index contributed by atoms with van der Waals surface area (Å²) in [5.41, 5.74) is 0.258. The van der Waals surface area contributed by atoms with Crippen LogP contribution in [0.5, 0.6) is 0 Å². The van der Waals surface area contributed by atoms with Crippen LogP contribution < -0.4 is 5.32 Å². The Hall–Kier alpha value is -0.760. The maximum atomic E-state index is 5.45. The van der Waals surface area contributed by atoms with E-state index in [1.54, 1.807) is 6.26 Å². The maximum Gasteiger partial charge on any atom is 0.117 e. The second kappa shape index (κ2) is 10.9. The van der Waals surface area contributed by atoms with Crippen LogP contribution in [0, 0.1) is 0 Å². The first kappa shape index (κ1) is 18.3. The molecule has 0 spiro atoms. The first-order valence-corrected chi connectivity index (χ1v) is 8.97. The number of nitrogens with one attached hydrogen (secondary N) is 1. The van der Waals surface area contributed by atoms with Gasteiger partial charge in [0.2, 0.25) is 0 Å². The van der Waals surface area contributed by atoms with Crippen LogP contribution in [0.3, 0.4) is 0 Å². The van der Waals surface area contributed by atoms with Gasteiger partial charge in [-0.15, -0.1) is 0 Å². The summed E-state index contributed by atoms with van der Waals surface area (Å²) < 4.78 is 5.45. The van der Waals surface area contributed by atoms with Gasteiger partial charge in [0.25, 0.3) is 0 Å². The number of hydrogen-bond acceptors (Lipinski definition) is 2. The molecule has 0 aromatic carbocycles. The van der Waals surface area contributed by atoms with Crippen LogP contribution in [-0.2, 0) is 6.54 Å². The van der Waals surface area contributed by atoms with Gasteiger partial charge in [0.05, 0.1) is 12.8 Å². The summed E-state index contributed by atoms with van der Waals surface area (Å²) in [7, 11) is 0. The topological polar surface area (TPSA) is 25.2 Å². The van der Waals surface area contributed by atoms with E-state index in [-0.39, 0.29) is 5.54 Å². The molecule has 0 radical (unpaired) electrons. The highest BCUT2D eigenvalue weighted by Gasteiger charge is 2.22. The van der Waals surface area contributed by atoms with Crippen molar-refractivity contribution in [3.05, 3.63) is 24.2 Å². The molecule has 1 rings (SSSR count). The molecule has 21 heavy (non-hydrogen) atoms. The molecule has 1 aromatic rings. The Balaban J connectivity index is 2.36. The summed E-state index contributed by atoms with van der Waals surface area (Å²) in [6.07, 6.45) is 15.1. The molecule has 0 aliphatic rings. The second-order valence-electron chi connectivity index (χ2n) is 6.61. The van der Waals surface area contributed by atoms with Crippen molar-refractivity contribution in [1.29, 1.82) is 0 Å². The third-order valence-corrected chi connectivity index (χ3v) is 4.43. The average Bonchev–Trinajstić information content (AvgIpc) is 2.99. The highest BCUT2D eigenvalue weighted by atomic mass is 16.3. The van der Waals surface area contributed by atoms with E-state index in [1.807, 2.05) is 6.07 Å². The van der Waals surface area contributed by atoms with Crippen LogP contribution >= 0.6 is 0 Å². The molecular formula is C19H35NO. The summed E-state index contributed by atoms with van der Waals surface area (Å²) in [5, 5.41) is 3.75. The zero-order valence-electron chi connectivity index (χ0n) is 14.4. The third-order valence-electron chi connectivity index (χ3n) is 4.43. The lowest BCUT2D eigenvalue weighted by molar-refractivity contribution is 0.276. The molecule has 0 amide bonds. The van der Waals surface area contributed by atoms with E-state index >= 15 is 0 Å². The quantitative estimate of drug-likeness (QED) is 0.447. The van der Waals surface area contributed by atoms with Gasteiger partial charge in [-0.05, 0) is 31.9 Å². The number of rotatable bonds is 13. The summed E-state index contributed by atoms with van der Waals surface area (Å²) in [4.78, 5) is 0. The van der Waals surface area contributed by atoms with E-state index < -0.39 is 0 Å². The van der Waals surface area contributed by atoms with Gasteiger partial charge >= 0.3 is 0 Å². The molecule has 0 saturated heterocycles. The van der Waals surface area contributed by atoms with Crippen LogP contribution in [0.25, 0.3) is 0 Å². The zero-order valence-corrected chi connectivity index (χ0v) is 14.4. The monoisotopic (exact) mass is 293 g/mol. The molecule has 2 heteroatoms. The Morgan fingerprint density at radius 2 is 1.57 bits per heavy atom. The molecule has 2 nitrogen and oxygen atoms in total. The molecule has 0 saturated carbocycles. The SMILES string of the molecule is CCCCCCCC(C)(CCCCC)NCc1ccco1. The molecule has 1 atom stereocenters. The fourth-order valence-electron chi connectivity index (χ4n) is 2.90. The average molecular weight is 293 g/mol. The normalized spacial score (nSPS) is 14.2. The van der Waals surface area contributed by atoms with E-state index in [1.165, 1.54) is 64.2 Å². The minimum atomic E-state index is 0.258. The predicted molar refractivity (Wildman–Crippen MR) is 91.5 cm³/mol. The molecule has 1 unspecified atom stereocenters. The zero-order chi connectivity index (χ0) is 15.4. The van der Waals surface area contributed by atoms with Gasteiger partial charge in [-0.2, -0.15) is 0 Å². The highest BCUT2D eigenvalue weighted by Crippen LogP contribution is 2.23. The smallest absolute Gasteiger partial charge is 0.117 e. The van der Waals surface area contributed by atoms with Crippen molar-refractivity contribution in [3.8, 4) is 0 Å². The van der Waals surface area contributed by atoms with Crippen LogP contribution in [0.1, 0.15) is 90.7 Å². The standard InChI is InChI=1S/C19H35NO/c1-4-6-8-9-11-15-19(3,14-10-7-5-2)20-17-18-13-12-16-21-18/h12-13,16,20H,4-11,14-15,17H2,1-3H3. The molecule has 0 fully saturated rings. The largest absolute Gasteiger partial charge is 0.468 e. The Morgan fingerprint density at radius 3 is 2.19 bits per heavy atom. The van der Waals surface area contributed by atoms with E-state index in [2.05, 4.69) is 32.2 Å². The highest BCUT2D eigenvalue weighted by molar-refractivity contribution is 4.99. The van der Waals surface area contributed by atoms with Gasteiger partial charge in [0.1, 0.15) is 5.76 Å². The van der Waals surface area contributed by atoms with Crippen LogP contribution in [0.15, 0.2) is 22.8 Å². The number of hydrogen-bond donors (Lipinski definition) is 1. The van der Waals surface area contributed by atoms with E-state index in [9.17, 15) is 0 Å². The van der Waals surface area contributed by atoms with Crippen molar-refractivity contribution in [2.24, 2.45) is 0 Å². The lowest BCUT2D eigenvalue weighted by atomic mass is 9.88. The Bertz CT molecular complexity index is 333. The lowest BCUT2D eigenvalue weighted by Crippen LogP contribution is -2.41. The van der Waals surface area contributed by atoms with Crippen LogP contribution in [0.4, 0.5) is 0 Å². The first-order chi connectivity index (χ1) is 10.2. The third kappa shape index (κ3) is 8.31. The Morgan fingerprint density at radius 1 is 0.952 bits per heavy atom. The van der Waals surface area contributed by atoms with Gasteiger partial charge in [-0.1, -0.05) is 65.2 Å². The van der Waals surface area contributed by atoms with E-state index in [4.69, 9.17) is 4.42 Å². The number of furan rings is 1.